The summed E-state index contributed by atoms with van der Waals surface area (Å²) in [5, 5.41) is 0. The van der Waals surface area contributed by atoms with E-state index in [9.17, 15) is 4.79 Å². The second kappa shape index (κ2) is 12.5. The van der Waals surface area contributed by atoms with Crippen LogP contribution in [0.4, 0.5) is 0 Å². The summed E-state index contributed by atoms with van der Waals surface area (Å²) in [6.07, 6.45) is 19.4. The molecule has 168 valence electrons. The predicted molar refractivity (Wildman–Crippen MR) is 126 cm³/mol. The van der Waals surface area contributed by atoms with E-state index in [0.29, 0.717) is 12.2 Å². The van der Waals surface area contributed by atoms with Crippen LogP contribution in [0.5, 0.6) is 0 Å². The molecular weight excluding hydrogens is 368 g/mol. The Kier molecular flexibility index (Phi) is 9.75. The van der Waals surface area contributed by atoms with Gasteiger partial charge < -0.3 is 4.74 Å². The molecular formula is C28H44O2. The highest BCUT2D eigenvalue weighted by Crippen LogP contribution is 2.43. The van der Waals surface area contributed by atoms with Gasteiger partial charge in [-0.15, -0.1) is 0 Å². The maximum absolute atomic E-state index is 11.9. The van der Waals surface area contributed by atoms with Crippen LogP contribution >= 0.6 is 0 Å². The zero-order valence-corrected chi connectivity index (χ0v) is 19.5. The number of esters is 1. The number of aryl methyl sites for hydroxylation is 1. The van der Waals surface area contributed by atoms with Crippen molar-refractivity contribution in [3.05, 3.63) is 35.4 Å². The van der Waals surface area contributed by atoms with Gasteiger partial charge in [0.1, 0.15) is 0 Å². The van der Waals surface area contributed by atoms with Crippen LogP contribution in [-0.2, 0) is 11.2 Å². The molecule has 2 fully saturated rings. The van der Waals surface area contributed by atoms with Gasteiger partial charge in [-0.3, -0.25) is 0 Å². The molecule has 0 atom stereocenters. The van der Waals surface area contributed by atoms with Crippen molar-refractivity contribution < 1.29 is 9.53 Å². The van der Waals surface area contributed by atoms with Crippen molar-refractivity contribution in [1.82, 2.24) is 0 Å². The second-order valence-electron chi connectivity index (χ2n) is 10.1. The van der Waals surface area contributed by atoms with E-state index in [1.54, 1.807) is 0 Å². The Morgan fingerprint density at radius 3 is 1.90 bits per heavy atom. The number of carbonyl (C=O) groups excluding carboxylic acids is 1. The molecule has 1 aromatic carbocycles. The summed E-state index contributed by atoms with van der Waals surface area (Å²) in [5.74, 6) is 3.79. The maximum atomic E-state index is 11.9. The van der Waals surface area contributed by atoms with Crippen molar-refractivity contribution in [3.8, 4) is 0 Å². The zero-order chi connectivity index (χ0) is 21.2. The van der Waals surface area contributed by atoms with E-state index in [0.717, 1.165) is 36.5 Å². The summed E-state index contributed by atoms with van der Waals surface area (Å²) in [4.78, 5) is 11.9. The first kappa shape index (κ1) is 23.4. The molecule has 2 saturated carbocycles. The lowest BCUT2D eigenvalue weighted by molar-refractivity contribution is 0.0505. The molecule has 0 aromatic heterocycles. The van der Waals surface area contributed by atoms with Crippen LogP contribution in [0.25, 0.3) is 0 Å². The minimum atomic E-state index is -0.193. The Hall–Kier alpha value is -1.31. The second-order valence-corrected chi connectivity index (χ2v) is 10.1. The number of carbonyl (C=O) groups is 1. The third-order valence-corrected chi connectivity index (χ3v) is 7.88. The van der Waals surface area contributed by atoms with Gasteiger partial charge in [-0.05, 0) is 86.3 Å². The van der Waals surface area contributed by atoms with Crippen LogP contribution in [-0.4, -0.2) is 12.6 Å². The molecule has 3 rings (SSSR count). The van der Waals surface area contributed by atoms with Gasteiger partial charge in [0.15, 0.2) is 0 Å². The Morgan fingerprint density at radius 2 is 1.37 bits per heavy atom. The minimum Gasteiger partial charge on any atom is -0.462 e. The molecule has 2 aliphatic rings. The Balaban J connectivity index is 1.34. The lowest BCUT2D eigenvalue weighted by Gasteiger charge is -2.38. The summed E-state index contributed by atoms with van der Waals surface area (Å²) < 4.78 is 5.22. The molecule has 1 aromatic rings. The Labute approximate surface area is 185 Å². The van der Waals surface area contributed by atoms with Crippen molar-refractivity contribution in [2.45, 2.75) is 104 Å². The van der Waals surface area contributed by atoms with Crippen molar-refractivity contribution >= 4 is 5.97 Å². The fraction of sp³-hybridized carbons (Fsp3) is 0.750. The average Bonchev–Trinajstić information content (AvgIpc) is 2.81. The summed E-state index contributed by atoms with van der Waals surface area (Å²) in [6, 6.07) is 8.10. The van der Waals surface area contributed by atoms with Crippen molar-refractivity contribution in [3.63, 3.8) is 0 Å². The molecule has 0 saturated heterocycles. The van der Waals surface area contributed by atoms with Gasteiger partial charge in [0.2, 0.25) is 0 Å². The van der Waals surface area contributed by atoms with Crippen LogP contribution in [0.1, 0.15) is 113 Å². The number of hydrogen-bond donors (Lipinski definition) is 0. The van der Waals surface area contributed by atoms with Crippen LogP contribution in [0, 0.1) is 23.7 Å². The number of hydrogen-bond acceptors (Lipinski definition) is 2. The third-order valence-electron chi connectivity index (χ3n) is 7.88. The fourth-order valence-corrected chi connectivity index (χ4v) is 5.85. The van der Waals surface area contributed by atoms with Gasteiger partial charge in [0.25, 0.3) is 0 Å². The zero-order valence-electron chi connectivity index (χ0n) is 19.5. The summed E-state index contributed by atoms with van der Waals surface area (Å²) in [6.45, 7) is 4.84. The predicted octanol–water partition coefficient (Wildman–Crippen LogP) is 7.99. The normalized spacial score (nSPS) is 27.0. The minimum absolute atomic E-state index is 0.193. The van der Waals surface area contributed by atoms with Crippen LogP contribution in [0.15, 0.2) is 24.3 Å². The van der Waals surface area contributed by atoms with Crippen molar-refractivity contribution in [2.75, 3.05) is 6.61 Å². The van der Waals surface area contributed by atoms with Crippen LogP contribution < -0.4 is 0 Å². The smallest absolute Gasteiger partial charge is 0.338 e. The third kappa shape index (κ3) is 7.13. The fourth-order valence-electron chi connectivity index (χ4n) is 5.85. The van der Waals surface area contributed by atoms with Crippen LogP contribution in [0.3, 0.4) is 0 Å². The molecule has 0 bridgehead atoms. The number of ether oxygens (including phenoxy) is 1. The van der Waals surface area contributed by atoms with Crippen molar-refractivity contribution in [2.24, 2.45) is 23.7 Å². The molecule has 0 spiro atoms. The molecule has 2 heteroatoms. The maximum Gasteiger partial charge on any atom is 0.338 e. The number of benzene rings is 1. The lowest BCUT2D eigenvalue weighted by Crippen LogP contribution is -2.26. The SMILES string of the molecule is CCCCC1CCC(C2CCC(CCc3ccc(C(=O)OCCC)cc3)CC2)CC1. The first-order chi connectivity index (χ1) is 14.7. The quantitative estimate of drug-likeness (QED) is 0.364. The van der Waals surface area contributed by atoms with E-state index >= 15 is 0 Å². The molecule has 0 radical (unpaired) electrons. The Morgan fingerprint density at radius 1 is 0.800 bits per heavy atom. The van der Waals surface area contributed by atoms with E-state index in [1.165, 1.54) is 82.6 Å². The molecule has 0 N–H and O–H groups in total. The van der Waals surface area contributed by atoms with Gasteiger partial charge in [-0.2, -0.15) is 0 Å². The molecule has 0 unspecified atom stereocenters. The summed E-state index contributed by atoms with van der Waals surface area (Å²) in [7, 11) is 0. The highest BCUT2D eigenvalue weighted by Gasteiger charge is 2.30. The molecule has 2 nitrogen and oxygen atoms in total. The molecule has 0 aliphatic heterocycles. The van der Waals surface area contributed by atoms with E-state index in [1.807, 2.05) is 19.1 Å². The molecule has 2 aliphatic carbocycles. The van der Waals surface area contributed by atoms with Gasteiger partial charge in [-0.25, -0.2) is 4.79 Å². The van der Waals surface area contributed by atoms with Gasteiger partial charge in [0.05, 0.1) is 12.2 Å². The first-order valence-electron chi connectivity index (χ1n) is 13.0. The molecule has 0 amide bonds. The highest BCUT2D eigenvalue weighted by molar-refractivity contribution is 5.89. The highest BCUT2D eigenvalue weighted by atomic mass is 16.5. The van der Waals surface area contributed by atoms with E-state index in [2.05, 4.69) is 19.1 Å². The Bertz CT molecular complexity index is 604. The topological polar surface area (TPSA) is 26.3 Å². The number of rotatable bonds is 10. The van der Waals surface area contributed by atoms with E-state index in [-0.39, 0.29) is 5.97 Å². The summed E-state index contributed by atoms with van der Waals surface area (Å²) >= 11 is 0. The van der Waals surface area contributed by atoms with Gasteiger partial charge in [-0.1, -0.05) is 70.9 Å². The molecule has 0 heterocycles. The average molecular weight is 413 g/mol. The van der Waals surface area contributed by atoms with Crippen molar-refractivity contribution in [1.29, 1.82) is 0 Å². The summed E-state index contributed by atoms with van der Waals surface area (Å²) in [5.41, 5.74) is 2.03. The van der Waals surface area contributed by atoms with Gasteiger partial charge >= 0.3 is 5.97 Å². The first-order valence-corrected chi connectivity index (χ1v) is 13.0. The largest absolute Gasteiger partial charge is 0.462 e. The number of unbranched alkanes of at least 4 members (excludes halogenated alkanes) is 1. The molecule has 30 heavy (non-hydrogen) atoms. The monoisotopic (exact) mass is 412 g/mol. The van der Waals surface area contributed by atoms with E-state index < -0.39 is 0 Å². The van der Waals surface area contributed by atoms with Crippen LogP contribution in [0.2, 0.25) is 0 Å². The van der Waals surface area contributed by atoms with E-state index in [4.69, 9.17) is 4.74 Å². The standard InChI is InChI=1S/C28H44O2/c1-3-5-6-22-9-15-25(16-10-22)26-17-11-23(12-18-26)7-8-24-13-19-27(20-14-24)28(29)30-21-4-2/h13-14,19-20,22-23,25-26H,3-12,15-18,21H2,1-2H3. The lowest BCUT2D eigenvalue weighted by atomic mass is 9.68. The van der Waals surface area contributed by atoms with Gasteiger partial charge in [0, 0.05) is 0 Å².